The Morgan fingerprint density at radius 3 is 2.21 bits per heavy atom. The Kier molecular flexibility index (Phi) is 4.51. The first-order chi connectivity index (χ1) is 11.5. The predicted octanol–water partition coefficient (Wildman–Crippen LogP) is 4.91. The van der Waals surface area contributed by atoms with E-state index >= 15 is 0 Å². The third-order valence-electron chi connectivity index (χ3n) is 6.72. The van der Waals surface area contributed by atoms with E-state index in [9.17, 15) is 0 Å². The van der Waals surface area contributed by atoms with Crippen LogP contribution in [0.2, 0.25) is 5.02 Å². The molecular weight excluding hydrogens is 336 g/mol. The zero-order valence-corrected chi connectivity index (χ0v) is 15.9. The van der Waals surface area contributed by atoms with Crippen molar-refractivity contribution in [2.75, 3.05) is 0 Å². The summed E-state index contributed by atoms with van der Waals surface area (Å²) in [5.74, 6) is 2.95. The second-order valence-electron chi connectivity index (χ2n) is 8.46. The van der Waals surface area contributed by atoms with Gasteiger partial charge in [0.25, 0.3) is 0 Å². The molecule has 2 nitrogen and oxygen atoms in total. The van der Waals surface area contributed by atoms with E-state index in [0.29, 0.717) is 11.5 Å². The number of benzene rings is 1. The Morgan fingerprint density at radius 1 is 1.12 bits per heavy atom. The monoisotopic (exact) mass is 362 g/mol. The Morgan fingerprint density at radius 2 is 1.67 bits per heavy atom. The highest BCUT2D eigenvalue weighted by atomic mass is 35.5. The molecule has 4 bridgehead atoms. The first-order valence-corrected chi connectivity index (χ1v) is 10.1. The number of thiocarbonyl (C=S) groups is 1. The minimum absolute atomic E-state index is 0.469. The van der Waals surface area contributed by atoms with Gasteiger partial charge in [0, 0.05) is 17.6 Å². The zero-order valence-electron chi connectivity index (χ0n) is 14.4. The molecule has 1 aromatic rings. The van der Waals surface area contributed by atoms with Crippen molar-refractivity contribution in [2.45, 2.75) is 58.0 Å². The smallest absolute Gasteiger partial charge is 0.166 e. The summed E-state index contributed by atoms with van der Waals surface area (Å²) in [5.41, 5.74) is 1.69. The van der Waals surface area contributed by atoms with E-state index in [1.54, 1.807) is 0 Å². The Hall–Kier alpha value is -0.800. The molecule has 130 valence electrons. The molecule has 0 aromatic heterocycles. The molecular formula is C20H27ClN2S. The third-order valence-corrected chi connectivity index (χ3v) is 7.23. The summed E-state index contributed by atoms with van der Waals surface area (Å²) in [4.78, 5) is 0. The number of hydrogen-bond acceptors (Lipinski definition) is 1. The van der Waals surface area contributed by atoms with Crippen LogP contribution in [0.15, 0.2) is 24.3 Å². The fourth-order valence-corrected chi connectivity index (χ4v) is 6.27. The first kappa shape index (κ1) is 16.7. The van der Waals surface area contributed by atoms with Crippen LogP contribution in [0.25, 0.3) is 0 Å². The fraction of sp³-hybridized carbons (Fsp3) is 0.650. The molecule has 0 spiro atoms. The standard InChI is InChI=1S/C20H27ClN2S/c1-13(20-9-15-6-16(10-20)8-17(7-15)11-20)23-19(24)22-12-14-2-4-18(21)5-3-14/h2-5,13,15-17H,6-12H2,1H3,(H2,22,23,24)/t13-,15?,16?,17?,20?/m0/s1. The minimum atomic E-state index is 0.469. The third kappa shape index (κ3) is 3.30. The van der Waals surface area contributed by atoms with Crippen molar-refractivity contribution in [3.8, 4) is 0 Å². The van der Waals surface area contributed by atoms with E-state index in [1.165, 1.54) is 44.1 Å². The van der Waals surface area contributed by atoms with Gasteiger partial charge in [-0.2, -0.15) is 0 Å². The molecule has 1 atom stereocenters. The molecule has 24 heavy (non-hydrogen) atoms. The lowest BCUT2D eigenvalue weighted by Gasteiger charge is -2.59. The van der Waals surface area contributed by atoms with Gasteiger partial charge in [-0.1, -0.05) is 23.7 Å². The number of hydrogen-bond donors (Lipinski definition) is 2. The second kappa shape index (κ2) is 6.49. The van der Waals surface area contributed by atoms with Crippen molar-refractivity contribution in [1.29, 1.82) is 0 Å². The van der Waals surface area contributed by atoms with Crippen LogP contribution in [0.4, 0.5) is 0 Å². The Bertz CT molecular complexity index is 577. The second-order valence-corrected chi connectivity index (χ2v) is 9.30. The van der Waals surface area contributed by atoms with Crippen LogP contribution in [0.1, 0.15) is 51.0 Å². The van der Waals surface area contributed by atoms with Crippen LogP contribution in [-0.4, -0.2) is 11.2 Å². The molecule has 0 unspecified atom stereocenters. The molecule has 2 N–H and O–H groups in total. The summed E-state index contributed by atoms with van der Waals surface area (Å²) in [6.07, 6.45) is 8.70. The van der Waals surface area contributed by atoms with Crippen molar-refractivity contribution >= 4 is 28.9 Å². The predicted molar refractivity (Wildman–Crippen MR) is 104 cm³/mol. The molecule has 0 aliphatic heterocycles. The van der Waals surface area contributed by atoms with Gasteiger partial charge in [-0.25, -0.2) is 0 Å². The van der Waals surface area contributed by atoms with E-state index in [1.807, 2.05) is 24.3 Å². The van der Waals surface area contributed by atoms with E-state index in [2.05, 4.69) is 17.6 Å². The summed E-state index contributed by atoms with van der Waals surface area (Å²) in [6.45, 7) is 3.10. The molecule has 0 amide bonds. The maximum Gasteiger partial charge on any atom is 0.166 e. The summed E-state index contributed by atoms with van der Waals surface area (Å²) in [6, 6.07) is 8.40. The number of halogens is 1. The van der Waals surface area contributed by atoms with Gasteiger partial charge in [-0.3, -0.25) is 0 Å². The van der Waals surface area contributed by atoms with Gasteiger partial charge >= 0.3 is 0 Å². The van der Waals surface area contributed by atoms with E-state index < -0.39 is 0 Å². The van der Waals surface area contributed by atoms with Gasteiger partial charge in [-0.15, -0.1) is 0 Å². The normalized spacial score (nSPS) is 34.8. The molecule has 0 saturated heterocycles. The minimum Gasteiger partial charge on any atom is -0.360 e. The summed E-state index contributed by atoms with van der Waals surface area (Å²) in [7, 11) is 0. The molecule has 4 fully saturated rings. The highest BCUT2D eigenvalue weighted by Gasteiger charge is 2.53. The summed E-state index contributed by atoms with van der Waals surface area (Å²) >= 11 is 11.5. The van der Waals surface area contributed by atoms with Crippen molar-refractivity contribution in [3.63, 3.8) is 0 Å². The maximum atomic E-state index is 5.93. The van der Waals surface area contributed by atoms with Gasteiger partial charge in [0.05, 0.1) is 0 Å². The lowest BCUT2D eigenvalue weighted by molar-refractivity contribution is -0.0672. The molecule has 0 heterocycles. The van der Waals surface area contributed by atoms with Crippen LogP contribution in [0, 0.1) is 23.2 Å². The molecule has 1 aromatic carbocycles. The van der Waals surface area contributed by atoms with Crippen LogP contribution >= 0.6 is 23.8 Å². The van der Waals surface area contributed by atoms with E-state index in [4.69, 9.17) is 23.8 Å². The van der Waals surface area contributed by atoms with E-state index in [-0.39, 0.29) is 0 Å². The summed E-state index contributed by atoms with van der Waals surface area (Å²) < 4.78 is 0. The van der Waals surface area contributed by atoms with Crippen LogP contribution < -0.4 is 10.6 Å². The topological polar surface area (TPSA) is 24.1 Å². The van der Waals surface area contributed by atoms with Gasteiger partial charge in [-0.05, 0) is 98.5 Å². The van der Waals surface area contributed by atoms with Crippen LogP contribution in [0.3, 0.4) is 0 Å². The van der Waals surface area contributed by atoms with Crippen molar-refractivity contribution in [2.24, 2.45) is 23.2 Å². The highest BCUT2D eigenvalue weighted by molar-refractivity contribution is 7.80. The van der Waals surface area contributed by atoms with Crippen molar-refractivity contribution < 1.29 is 0 Å². The van der Waals surface area contributed by atoms with Gasteiger partial charge in [0.1, 0.15) is 0 Å². The van der Waals surface area contributed by atoms with Crippen molar-refractivity contribution in [1.82, 2.24) is 10.6 Å². The maximum absolute atomic E-state index is 5.93. The molecule has 4 aliphatic carbocycles. The Labute approximate surface area is 155 Å². The molecule has 0 radical (unpaired) electrons. The lowest BCUT2D eigenvalue weighted by Crippen LogP contribution is -2.57. The average Bonchev–Trinajstić information content (AvgIpc) is 2.53. The SMILES string of the molecule is C[C@H](NC(=S)NCc1ccc(Cl)cc1)C12CC3CC(CC(C3)C1)C2. The largest absolute Gasteiger partial charge is 0.360 e. The Balaban J connectivity index is 1.33. The molecule has 4 aliphatic rings. The lowest BCUT2D eigenvalue weighted by atomic mass is 9.48. The molecule has 4 heteroatoms. The van der Waals surface area contributed by atoms with Gasteiger partial charge in [0.15, 0.2) is 5.11 Å². The van der Waals surface area contributed by atoms with E-state index in [0.717, 1.165) is 34.4 Å². The van der Waals surface area contributed by atoms with Gasteiger partial charge < -0.3 is 10.6 Å². The molecule has 5 rings (SSSR count). The van der Waals surface area contributed by atoms with Crippen LogP contribution in [0.5, 0.6) is 0 Å². The summed E-state index contributed by atoms with van der Waals surface area (Å²) in [5, 5.41) is 8.53. The number of nitrogens with one attached hydrogen (secondary N) is 2. The first-order valence-electron chi connectivity index (χ1n) is 9.31. The van der Waals surface area contributed by atoms with Crippen molar-refractivity contribution in [3.05, 3.63) is 34.9 Å². The van der Waals surface area contributed by atoms with Gasteiger partial charge in [0.2, 0.25) is 0 Å². The number of rotatable bonds is 4. The highest BCUT2D eigenvalue weighted by Crippen LogP contribution is 2.61. The zero-order chi connectivity index (χ0) is 16.7. The molecule has 4 saturated carbocycles. The van der Waals surface area contributed by atoms with Crippen LogP contribution in [-0.2, 0) is 6.54 Å². The quantitative estimate of drug-likeness (QED) is 0.744. The fourth-order valence-electron chi connectivity index (χ4n) is 5.89. The average molecular weight is 363 g/mol.